The lowest BCUT2D eigenvalue weighted by Gasteiger charge is -2.08. The van der Waals surface area contributed by atoms with E-state index >= 15 is 0 Å². The zero-order valence-corrected chi connectivity index (χ0v) is 9.70. The highest BCUT2D eigenvalue weighted by atomic mass is 15.3. The Bertz CT molecular complexity index is 495. The molecule has 0 unspecified atom stereocenters. The molecule has 15 heavy (non-hydrogen) atoms. The molecule has 0 saturated heterocycles. The Morgan fingerprint density at radius 1 is 1.13 bits per heavy atom. The van der Waals surface area contributed by atoms with Crippen LogP contribution in [0.5, 0.6) is 0 Å². The lowest BCUT2D eigenvalue weighted by atomic mass is 10.0. The van der Waals surface area contributed by atoms with Crippen molar-refractivity contribution in [3.63, 3.8) is 0 Å². The number of nitrogens with zero attached hydrogens (tertiary/aromatic N) is 2. The van der Waals surface area contributed by atoms with E-state index in [1.165, 1.54) is 22.4 Å². The molecule has 0 amide bonds. The van der Waals surface area contributed by atoms with Crippen molar-refractivity contribution in [1.29, 1.82) is 0 Å². The average Bonchev–Trinajstić information content (AvgIpc) is 2.50. The molecule has 1 aromatic heterocycles. The number of rotatable bonds is 1. The molecule has 1 heterocycles. The normalized spacial score (nSPS) is 10.7. The van der Waals surface area contributed by atoms with Crippen molar-refractivity contribution in [2.24, 2.45) is 7.05 Å². The Balaban J connectivity index is 2.64. The second-order valence-corrected chi connectivity index (χ2v) is 4.04. The Hall–Kier alpha value is -1.57. The van der Waals surface area contributed by atoms with Gasteiger partial charge in [0.05, 0.1) is 11.4 Å². The van der Waals surface area contributed by atoms with Crippen molar-refractivity contribution < 1.29 is 0 Å². The highest BCUT2D eigenvalue weighted by Crippen LogP contribution is 2.25. The molecule has 0 aliphatic heterocycles. The summed E-state index contributed by atoms with van der Waals surface area (Å²) in [5, 5.41) is 4.37. The number of aryl methyl sites for hydroxylation is 3. The number of aromatic nitrogens is 2. The van der Waals surface area contributed by atoms with Gasteiger partial charge in [-0.3, -0.25) is 4.68 Å². The fraction of sp³-hybridized carbons (Fsp3) is 0.308. The molecule has 0 saturated carbocycles. The van der Waals surface area contributed by atoms with Crippen LogP contribution in [0.4, 0.5) is 0 Å². The predicted octanol–water partition coefficient (Wildman–Crippen LogP) is 3.01. The van der Waals surface area contributed by atoms with Crippen LogP contribution in [0.1, 0.15) is 16.8 Å². The quantitative estimate of drug-likeness (QED) is 0.692. The van der Waals surface area contributed by atoms with E-state index in [1.807, 2.05) is 18.7 Å². The van der Waals surface area contributed by atoms with Crippen LogP contribution in [0.2, 0.25) is 0 Å². The molecule has 0 N–H and O–H groups in total. The first-order valence-corrected chi connectivity index (χ1v) is 5.17. The van der Waals surface area contributed by atoms with Gasteiger partial charge in [0.15, 0.2) is 0 Å². The summed E-state index contributed by atoms with van der Waals surface area (Å²) in [5.74, 6) is 0. The van der Waals surface area contributed by atoms with Gasteiger partial charge in [-0.2, -0.15) is 5.10 Å². The van der Waals surface area contributed by atoms with E-state index in [0.29, 0.717) is 0 Å². The van der Waals surface area contributed by atoms with Gasteiger partial charge in [-0.1, -0.05) is 18.2 Å². The molecule has 0 atom stereocenters. The second-order valence-electron chi connectivity index (χ2n) is 4.04. The minimum atomic E-state index is 1.06. The molecule has 0 aliphatic carbocycles. The van der Waals surface area contributed by atoms with Crippen LogP contribution >= 0.6 is 0 Å². The third-order valence-corrected chi connectivity index (χ3v) is 2.88. The zero-order chi connectivity index (χ0) is 11.0. The molecule has 78 valence electrons. The van der Waals surface area contributed by atoms with Crippen molar-refractivity contribution in [3.05, 3.63) is 41.1 Å². The van der Waals surface area contributed by atoms with Crippen LogP contribution in [-0.4, -0.2) is 9.78 Å². The fourth-order valence-electron chi connectivity index (χ4n) is 1.89. The molecule has 2 rings (SSSR count). The van der Waals surface area contributed by atoms with Gasteiger partial charge in [-0.15, -0.1) is 0 Å². The van der Waals surface area contributed by atoms with E-state index in [4.69, 9.17) is 0 Å². The van der Waals surface area contributed by atoms with Crippen molar-refractivity contribution in [1.82, 2.24) is 9.78 Å². The van der Waals surface area contributed by atoms with Crippen LogP contribution < -0.4 is 0 Å². The van der Waals surface area contributed by atoms with Gasteiger partial charge < -0.3 is 0 Å². The summed E-state index contributed by atoms with van der Waals surface area (Å²) in [5.41, 5.74) is 6.19. The number of benzene rings is 1. The van der Waals surface area contributed by atoms with Gasteiger partial charge in [0.2, 0.25) is 0 Å². The van der Waals surface area contributed by atoms with Gasteiger partial charge in [-0.25, -0.2) is 0 Å². The van der Waals surface area contributed by atoms with E-state index in [0.717, 1.165) is 5.69 Å². The maximum Gasteiger partial charge on any atom is 0.0684 e. The van der Waals surface area contributed by atoms with Crippen LogP contribution in [0, 0.1) is 20.8 Å². The van der Waals surface area contributed by atoms with Crippen LogP contribution in [0.15, 0.2) is 24.3 Å². The van der Waals surface area contributed by atoms with Crippen LogP contribution in [0.25, 0.3) is 11.3 Å². The maximum atomic E-state index is 4.37. The molecule has 2 aromatic rings. The van der Waals surface area contributed by atoms with Gasteiger partial charge in [0.25, 0.3) is 0 Å². The molecule has 0 radical (unpaired) electrons. The largest absolute Gasteiger partial charge is 0.268 e. The summed E-state index contributed by atoms with van der Waals surface area (Å²) in [7, 11) is 1.99. The van der Waals surface area contributed by atoms with Crippen LogP contribution in [-0.2, 0) is 7.05 Å². The lowest BCUT2D eigenvalue weighted by molar-refractivity contribution is 0.763. The minimum absolute atomic E-state index is 1.06. The Morgan fingerprint density at radius 2 is 1.87 bits per heavy atom. The number of hydrogen-bond donors (Lipinski definition) is 0. The van der Waals surface area contributed by atoms with Gasteiger partial charge in [0.1, 0.15) is 0 Å². The van der Waals surface area contributed by atoms with E-state index < -0.39 is 0 Å². The van der Waals surface area contributed by atoms with E-state index in [9.17, 15) is 0 Å². The van der Waals surface area contributed by atoms with E-state index in [1.54, 1.807) is 0 Å². The Morgan fingerprint density at radius 3 is 2.47 bits per heavy atom. The SMILES string of the molecule is Cc1cc(-c2cccc(C)c2C)n(C)n1. The first-order chi connectivity index (χ1) is 7.09. The first-order valence-electron chi connectivity index (χ1n) is 5.17. The molecule has 0 spiro atoms. The smallest absolute Gasteiger partial charge is 0.0684 e. The highest BCUT2D eigenvalue weighted by molar-refractivity contribution is 5.65. The van der Waals surface area contributed by atoms with Gasteiger partial charge >= 0.3 is 0 Å². The molecule has 2 nitrogen and oxygen atoms in total. The Labute approximate surface area is 90.6 Å². The molecule has 0 fully saturated rings. The molecule has 0 bridgehead atoms. The van der Waals surface area contributed by atoms with Crippen molar-refractivity contribution in [3.8, 4) is 11.3 Å². The molecule has 1 aromatic carbocycles. The standard InChI is InChI=1S/C13H16N2/c1-9-6-5-7-12(11(9)3)13-8-10(2)14-15(13)4/h5-8H,1-4H3. The van der Waals surface area contributed by atoms with Crippen LogP contribution in [0.3, 0.4) is 0 Å². The predicted molar refractivity (Wildman–Crippen MR) is 62.9 cm³/mol. The molecular formula is C13H16N2. The molecule has 0 aliphatic rings. The third-order valence-electron chi connectivity index (χ3n) is 2.88. The van der Waals surface area contributed by atoms with Gasteiger partial charge in [0, 0.05) is 12.6 Å². The summed E-state index contributed by atoms with van der Waals surface area (Å²) >= 11 is 0. The summed E-state index contributed by atoms with van der Waals surface area (Å²) in [6.07, 6.45) is 0. The summed E-state index contributed by atoms with van der Waals surface area (Å²) in [6.45, 7) is 6.32. The van der Waals surface area contributed by atoms with E-state index in [-0.39, 0.29) is 0 Å². The van der Waals surface area contributed by atoms with E-state index in [2.05, 4.69) is 43.2 Å². The van der Waals surface area contributed by atoms with Crippen molar-refractivity contribution in [2.75, 3.05) is 0 Å². The average molecular weight is 200 g/mol. The van der Waals surface area contributed by atoms with Crippen molar-refractivity contribution in [2.45, 2.75) is 20.8 Å². The van der Waals surface area contributed by atoms with Gasteiger partial charge in [-0.05, 0) is 38.0 Å². The van der Waals surface area contributed by atoms with Crippen molar-refractivity contribution >= 4 is 0 Å². The Kier molecular flexibility index (Phi) is 2.35. The monoisotopic (exact) mass is 200 g/mol. The maximum absolute atomic E-state index is 4.37. The third kappa shape index (κ3) is 1.67. The summed E-state index contributed by atoms with van der Waals surface area (Å²) < 4.78 is 1.94. The molecular weight excluding hydrogens is 184 g/mol. The first kappa shape index (κ1) is 9.97. The fourth-order valence-corrected chi connectivity index (χ4v) is 1.89. The minimum Gasteiger partial charge on any atom is -0.268 e. The second kappa shape index (κ2) is 3.54. The zero-order valence-electron chi connectivity index (χ0n) is 9.70. The molecule has 2 heteroatoms. The summed E-state index contributed by atoms with van der Waals surface area (Å²) in [6, 6.07) is 8.52. The topological polar surface area (TPSA) is 17.8 Å². The highest BCUT2D eigenvalue weighted by Gasteiger charge is 2.08. The summed E-state index contributed by atoms with van der Waals surface area (Å²) in [4.78, 5) is 0. The number of hydrogen-bond acceptors (Lipinski definition) is 1. The lowest BCUT2D eigenvalue weighted by Crippen LogP contribution is -1.96.